The van der Waals surface area contributed by atoms with E-state index in [1.807, 2.05) is 22.8 Å². The number of thioether (sulfide) groups is 1. The lowest BCUT2D eigenvalue weighted by atomic mass is 10.1. The molecule has 106 valence electrons. The maximum atomic E-state index is 4.23. The van der Waals surface area contributed by atoms with E-state index in [0.717, 1.165) is 16.6 Å². The fraction of sp³-hybridized carbons (Fsp3) is 0.176. The van der Waals surface area contributed by atoms with Gasteiger partial charge in [-0.1, -0.05) is 59.3 Å². The molecule has 3 nitrogen and oxygen atoms in total. The standard InChI is InChI=1S/C17H17N3S/c1-13-8-14(2)10-15(9-13)11-21-17-19-18-12-20(17)16-6-4-3-5-7-16/h3-10,12H,11H2,1-2H3. The average Bonchev–Trinajstić information content (AvgIpc) is 2.93. The van der Waals surface area contributed by atoms with E-state index in [9.17, 15) is 0 Å². The number of aryl methyl sites for hydroxylation is 2. The Morgan fingerprint density at radius 3 is 2.43 bits per heavy atom. The van der Waals surface area contributed by atoms with Gasteiger partial charge in [0.05, 0.1) is 0 Å². The van der Waals surface area contributed by atoms with Crippen LogP contribution in [0.1, 0.15) is 16.7 Å². The molecule has 0 aliphatic carbocycles. The first kappa shape index (κ1) is 13.9. The minimum atomic E-state index is 0.897. The van der Waals surface area contributed by atoms with E-state index >= 15 is 0 Å². The second kappa shape index (κ2) is 6.14. The monoisotopic (exact) mass is 295 g/mol. The quantitative estimate of drug-likeness (QED) is 0.677. The molecule has 0 spiro atoms. The van der Waals surface area contributed by atoms with Gasteiger partial charge in [0.15, 0.2) is 5.16 Å². The molecule has 0 N–H and O–H groups in total. The summed E-state index contributed by atoms with van der Waals surface area (Å²) in [6.45, 7) is 4.27. The highest BCUT2D eigenvalue weighted by molar-refractivity contribution is 7.98. The molecule has 0 radical (unpaired) electrons. The summed E-state index contributed by atoms with van der Waals surface area (Å²) in [5.74, 6) is 0.897. The zero-order chi connectivity index (χ0) is 14.7. The zero-order valence-corrected chi connectivity index (χ0v) is 13.0. The smallest absolute Gasteiger partial charge is 0.195 e. The summed E-state index contributed by atoms with van der Waals surface area (Å²) in [6.07, 6.45) is 1.76. The second-order valence-corrected chi connectivity index (χ2v) is 6.05. The van der Waals surface area contributed by atoms with Crippen molar-refractivity contribution in [1.82, 2.24) is 14.8 Å². The van der Waals surface area contributed by atoms with Gasteiger partial charge in [-0.2, -0.15) is 0 Å². The van der Waals surface area contributed by atoms with Crippen molar-refractivity contribution in [2.75, 3.05) is 0 Å². The molecule has 3 aromatic rings. The Kier molecular flexibility index (Phi) is 4.06. The molecule has 0 aliphatic heterocycles. The van der Waals surface area contributed by atoms with Gasteiger partial charge < -0.3 is 0 Å². The van der Waals surface area contributed by atoms with Crippen LogP contribution in [0.15, 0.2) is 60.0 Å². The largest absolute Gasteiger partial charge is 0.277 e. The number of nitrogens with zero attached hydrogens (tertiary/aromatic N) is 3. The maximum Gasteiger partial charge on any atom is 0.195 e. The summed E-state index contributed by atoms with van der Waals surface area (Å²) in [5, 5.41) is 9.18. The Morgan fingerprint density at radius 1 is 1.00 bits per heavy atom. The number of hydrogen-bond acceptors (Lipinski definition) is 3. The summed E-state index contributed by atoms with van der Waals surface area (Å²) < 4.78 is 2.02. The van der Waals surface area contributed by atoms with Crippen molar-refractivity contribution in [2.24, 2.45) is 0 Å². The highest BCUT2D eigenvalue weighted by Gasteiger charge is 2.07. The topological polar surface area (TPSA) is 30.7 Å². The first-order valence-electron chi connectivity index (χ1n) is 6.88. The fourth-order valence-electron chi connectivity index (χ4n) is 2.39. The Morgan fingerprint density at radius 2 is 1.71 bits per heavy atom. The van der Waals surface area contributed by atoms with Crippen LogP contribution in [0.4, 0.5) is 0 Å². The van der Waals surface area contributed by atoms with Gasteiger partial charge in [0.1, 0.15) is 6.33 Å². The van der Waals surface area contributed by atoms with Crippen LogP contribution >= 0.6 is 11.8 Å². The van der Waals surface area contributed by atoms with E-state index in [2.05, 4.69) is 54.4 Å². The zero-order valence-electron chi connectivity index (χ0n) is 12.2. The molecule has 0 fully saturated rings. The molecular weight excluding hydrogens is 278 g/mol. The molecule has 0 atom stereocenters. The van der Waals surface area contributed by atoms with Crippen molar-refractivity contribution >= 4 is 11.8 Å². The van der Waals surface area contributed by atoms with Crippen molar-refractivity contribution in [3.05, 3.63) is 71.5 Å². The Balaban J connectivity index is 1.79. The van der Waals surface area contributed by atoms with Crippen molar-refractivity contribution in [1.29, 1.82) is 0 Å². The lowest BCUT2D eigenvalue weighted by molar-refractivity contribution is 0.884. The molecule has 0 bridgehead atoms. The predicted octanol–water partition coefficient (Wildman–Crippen LogP) is 4.18. The van der Waals surface area contributed by atoms with Gasteiger partial charge >= 0.3 is 0 Å². The van der Waals surface area contributed by atoms with E-state index in [1.165, 1.54) is 16.7 Å². The van der Waals surface area contributed by atoms with Gasteiger partial charge in [-0.05, 0) is 31.5 Å². The van der Waals surface area contributed by atoms with Crippen molar-refractivity contribution in [3.63, 3.8) is 0 Å². The minimum Gasteiger partial charge on any atom is -0.277 e. The molecule has 0 unspecified atom stereocenters. The number of aromatic nitrogens is 3. The molecule has 21 heavy (non-hydrogen) atoms. The third kappa shape index (κ3) is 3.34. The predicted molar refractivity (Wildman–Crippen MR) is 86.8 cm³/mol. The summed E-state index contributed by atoms with van der Waals surface area (Å²) in [6, 6.07) is 16.8. The Hall–Kier alpha value is -2.07. The molecular formula is C17H17N3S. The van der Waals surface area contributed by atoms with Crippen molar-refractivity contribution < 1.29 is 0 Å². The Bertz CT molecular complexity index is 715. The lowest BCUT2D eigenvalue weighted by Crippen LogP contribution is -1.95. The molecule has 0 aliphatic rings. The van der Waals surface area contributed by atoms with Crippen molar-refractivity contribution in [2.45, 2.75) is 24.8 Å². The molecule has 0 saturated carbocycles. The molecule has 2 aromatic carbocycles. The summed E-state index contributed by atoms with van der Waals surface area (Å²) in [5.41, 5.74) is 5.01. The van der Waals surface area contributed by atoms with Gasteiger partial charge in [0.25, 0.3) is 0 Å². The van der Waals surface area contributed by atoms with Crippen LogP contribution in [0.2, 0.25) is 0 Å². The molecule has 0 saturated heterocycles. The third-order valence-electron chi connectivity index (χ3n) is 3.20. The second-order valence-electron chi connectivity index (χ2n) is 5.10. The molecule has 1 aromatic heterocycles. The van der Waals surface area contributed by atoms with E-state index in [0.29, 0.717) is 0 Å². The van der Waals surface area contributed by atoms with Crippen molar-refractivity contribution in [3.8, 4) is 5.69 Å². The molecule has 1 heterocycles. The molecule has 0 amide bonds. The fourth-order valence-corrected chi connectivity index (χ4v) is 3.25. The van der Waals surface area contributed by atoms with Crippen LogP contribution in [0.25, 0.3) is 5.69 Å². The van der Waals surface area contributed by atoms with E-state index < -0.39 is 0 Å². The maximum absolute atomic E-state index is 4.23. The molecule has 4 heteroatoms. The van der Waals surface area contributed by atoms with Gasteiger partial charge in [-0.25, -0.2) is 0 Å². The van der Waals surface area contributed by atoms with Gasteiger partial charge in [-0.15, -0.1) is 10.2 Å². The van der Waals surface area contributed by atoms with Crippen LogP contribution < -0.4 is 0 Å². The highest BCUT2D eigenvalue weighted by atomic mass is 32.2. The number of rotatable bonds is 4. The first-order valence-corrected chi connectivity index (χ1v) is 7.86. The summed E-state index contributed by atoms with van der Waals surface area (Å²) >= 11 is 1.71. The van der Waals surface area contributed by atoms with E-state index in [1.54, 1.807) is 18.1 Å². The van der Waals surface area contributed by atoms with Crippen LogP contribution in [0.3, 0.4) is 0 Å². The van der Waals surface area contributed by atoms with Crippen LogP contribution in [-0.2, 0) is 5.75 Å². The Labute approximate surface area is 129 Å². The number of hydrogen-bond donors (Lipinski definition) is 0. The van der Waals surface area contributed by atoms with Gasteiger partial charge in [-0.3, -0.25) is 4.57 Å². The third-order valence-corrected chi connectivity index (χ3v) is 4.21. The average molecular weight is 295 g/mol. The summed E-state index contributed by atoms with van der Waals surface area (Å²) in [4.78, 5) is 0. The number of benzene rings is 2. The SMILES string of the molecule is Cc1cc(C)cc(CSc2nncn2-c2ccccc2)c1. The normalized spacial score (nSPS) is 10.8. The van der Waals surface area contributed by atoms with Gasteiger partial charge in [0.2, 0.25) is 0 Å². The van der Waals surface area contributed by atoms with Crippen LogP contribution in [0.5, 0.6) is 0 Å². The van der Waals surface area contributed by atoms with Crippen LogP contribution in [-0.4, -0.2) is 14.8 Å². The van der Waals surface area contributed by atoms with E-state index in [4.69, 9.17) is 0 Å². The van der Waals surface area contributed by atoms with Gasteiger partial charge in [0, 0.05) is 11.4 Å². The van der Waals surface area contributed by atoms with E-state index in [-0.39, 0.29) is 0 Å². The highest BCUT2D eigenvalue weighted by Crippen LogP contribution is 2.24. The first-order chi connectivity index (χ1) is 10.2. The van der Waals surface area contributed by atoms with Crippen LogP contribution in [0, 0.1) is 13.8 Å². The molecule has 3 rings (SSSR count). The summed E-state index contributed by atoms with van der Waals surface area (Å²) in [7, 11) is 0. The minimum absolute atomic E-state index is 0.897. The number of para-hydroxylation sites is 1. The lowest BCUT2D eigenvalue weighted by Gasteiger charge is -2.07.